The van der Waals surface area contributed by atoms with Crippen molar-refractivity contribution in [3.63, 3.8) is 0 Å². The fourth-order valence-electron chi connectivity index (χ4n) is 2.11. The third-order valence-electron chi connectivity index (χ3n) is 3.11. The molecule has 0 radical (unpaired) electrons. The standard InChI is InChI=1S/C13H12ClF3N2O3/c1-5(2)8-9(10(20)12(21)22)19-4-6(13(15,16)17)3-7(14)11(19)18-8/h3-5,10,20H,1-2H3,(H,21,22). The SMILES string of the molecule is CC(C)c1nc2c(Cl)cc(C(F)(F)F)cn2c1C(O)C(=O)O. The summed E-state index contributed by atoms with van der Waals surface area (Å²) in [6.07, 6.45) is -5.99. The minimum atomic E-state index is -4.66. The number of aliphatic hydroxyl groups excluding tert-OH is 1. The number of imidazole rings is 1. The summed E-state index contributed by atoms with van der Waals surface area (Å²) in [7, 11) is 0. The zero-order valence-electron chi connectivity index (χ0n) is 11.5. The molecule has 0 aliphatic heterocycles. The minimum absolute atomic E-state index is 0.0336. The van der Waals surface area contributed by atoms with Gasteiger partial charge in [0.1, 0.15) is 0 Å². The number of aliphatic carboxylic acids is 1. The number of alkyl halides is 3. The second kappa shape index (κ2) is 5.44. The van der Waals surface area contributed by atoms with Crippen LogP contribution in [0.1, 0.15) is 42.8 Å². The van der Waals surface area contributed by atoms with Crippen molar-refractivity contribution in [3.8, 4) is 0 Å². The van der Waals surface area contributed by atoms with Crippen LogP contribution < -0.4 is 0 Å². The highest BCUT2D eigenvalue weighted by Crippen LogP contribution is 2.35. The van der Waals surface area contributed by atoms with E-state index in [1.165, 1.54) is 0 Å². The lowest BCUT2D eigenvalue weighted by Gasteiger charge is -2.12. The number of aromatic nitrogens is 2. The number of rotatable bonds is 3. The smallest absolute Gasteiger partial charge is 0.417 e. The van der Waals surface area contributed by atoms with Gasteiger partial charge in [0, 0.05) is 6.20 Å². The number of aliphatic hydroxyl groups is 1. The van der Waals surface area contributed by atoms with Crippen molar-refractivity contribution in [2.45, 2.75) is 32.0 Å². The van der Waals surface area contributed by atoms with Crippen LogP contribution in [0.4, 0.5) is 13.2 Å². The van der Waals surface area contributed by atoms with Gasteiger partial charge in [-0.1, -0.05) is 25.4 Å². The molecule has 22 heavy (non-hydrogen) atoms. The first kappa shape index (κ1) is 16.6. The summed E-state index contributed by atoms with van der Waals surface area (Å²) in [5.74, 6) is -1.90. The van der Waals surface area contributed by atoms with E-state index < -0.39 is 23.8 Å². The molecule has 0 saturated carbocycles. The van der Waals surface area contributed by atoms with Crippen molar-refractivity contribution < 1.29 is 28.2 Å². The van der Waals surface area contributed by atoms with Crippen LogP contribution in [0.2, 0.25) is 5.02 Å². The van der Waals surface area contributed by atoms with Gasteiger partial charge in [0.2, 0.25) is 0 Å². The first-order valence-electron chi connectivity index (χ1n) is 6.23. The van der Waals surface area contributed by atoms with Gasteiger partial charge in [-0.25, -0.2) is 9.78 Å². The average molecular weight is 337 g/mol. The Kier molecular flexibility index (Phi) is 4.09. The molecule has 9 heteroatoms. The number of carboxylic acids is 1. The number of nitrogens with zero attached hydrogens (tertiary/aromatic N) is 2. The van der Waals surface area contributed by atoms with E-state index >= 15 is 0 Å². The number of halogens is 4. The normalized spacial score (nSPS) is 13.8. The monoisotopic (exact) mass is 336 g/mol. The molecule has 0 aliphatic carbocycles. The topological polar surface area (TPSA) is 74.8 Å². The third-order valence-corrected chi connectivity index (χ3v) is 3.39. The lowest BCUT2D eigenvalue weighted by Crippen LogP contribution is -2.16. The first-order chi connectivity index (χ1) is 10.0. The van der Waals surface area contributed by atoms with Crippen molar-refractivity contribution in [2.24, 2.45) is 0 Å². The fraction of sp³-hybridized carbons (Fsp3) is 0.385. The van der Waals surface area contributed by atoms with Crippen LogP contribution in [-0.2, 0) is 11.0 Å². The molecule has 1 atom stereocenters. The van der Waals surface area contributed by atoms with Crippen molar-refractivity contribution in [2.75, 3.05) is 0 Å². The molecule has 120 valence electrons. The summed E-state index contributed by atoms with van der Waals surface area (Å²) in [6.45, 7) is 3.36. The number of hydrogen-bond acceptors (Lipinski definition) is 3. The quantitative estimate of drug-likeness (QED) is 0.902. The fourth-order valence-corrected chi connectivity index (χ4v) is 2.36. The van der Waals surface area contributed by atoms with E-state index in [0.717, 1.165) is 4.40 Å². The van der Waals surface area contributed by atoms with Crippen molar-refractivity contribution in [1.29, 1.82) is 0 Å². The molecule has 0 aliphatic rings. The van der Waals surface area contributed by atoms with Gasteiger partial charge in [-0.05, 0) is 12.0 Å². The Morgan fingerprint density at radius 3 is 2.45 bits per heavy atom. The predicted molar refractivity (Wildman–Crippen MR) is 71.9 cm³/mol. The molecule has 2 N–H and O–H groups in total. The summed E-state index contributed by atoms with van der Waals surface area (Å²) >= 11 is 5.83. The van der Waals surface area contributed by atoms with E-state index in [1.807, 2.05) is 0 Å². The molecule has 2 aromatic rings. The number of carbonyl (C=O) groups is 1. The van der Waals surface area contributed by atoms with Crippen LogP contribution in [0.3, 0.4) is 0 Å². The van der Waals surface area contributed by atoms with Gasteiger partial charge in [0.05, 0.1) is 22.0 Å². The predicted octanol–water partition coefficient (Wildman–Crippen LogP) is 3.25. The maximum absolute atomic E-state index is 12.9. The molecule has 2 rings (SSSR count). The number of pyridine rings is 1. The van der Waals surface area contributed by atoms with Crippen LogP contribution in [-0.4, -0.2) is 25.6 Å². The summed E-state index contributed by atoms with van der Waals surface area (Å²) in [5, 5.41) is 18.5. The largest absolute Gasteiger partial charge is 0.479 e. The Morgan fingerprint density at radius 1 is 1.41 bits per heavy atom. The zero-order chi connectivity index (χ0) is 16.8. The Bertz CT molecular complexity index is 740. The van der Waals surface area contributed by atoms with E-state index in [-0.39, 0.29) is 28.0 Å². The second-order valence-electron chi connectivity index (χ2n) is 5.05. The van der Waals surface area contributed by atoms with Crippen molar-refractivity contribution in [1.82, 2.24) is 9.38 Å². The molecule has 0 fully saturated rings. The molecular formula is C13H12ClF3N2O3. The summed E-state index contributed by atoms with van der Waals surface area (Å²) < 4.78 is 39.5. The van der Waals surface area contributed by atoms with Gasteiger partial charge in [-0.15, -0.1) is 0 Å². The number of carboxylic acid groups (broad SMARTS) is 1. The Balaban J connectivity index is 2.86. The van der Waals surface area contributed by atoms with E-state index in [1.54, 1.807) is 13.8 Å². The maximum Gasteiger partial charge on any atom is 0.417 e. The van der Waals surface area contributed by atoms with Crippen LogP contribution in [0.25, 0.3) is 5.65 Å². The Morgan fingerprint density at radius 2 is 2.00 bits per heavy atom. The van der Waals surface area contributed by atoms with Gasteiger partial charge in [-0.2, -0.15) is 13.2 Å². The van der Waals surface area contributed by atoms with Crippen LogP contribution in [0, 0.1) is 0 Å². The van der Waals surface area contributed by atoms with Gasteiger partial charge in [-0.3, -0.25) is 4.40 Å². The molecular weight excluding hydrogens is 325 g/mol. The lowest BCUT2D eigenvalue weighted by atomic mass is 10.1. The third kappa shape index (κ3) is 2.76. The van der Waals surface area contributed by atoms with E-state index in [0.29, 0.717) is 12.3 Å². The molecule has 0 amide bonds. The highest BCUT2D eigenvalue weighted by molar-refractivity contribution is 6.33. The maximum atomic E-state index is 12.9. The van der Waals surface area contributed by atoms with E-state index in [9.17, 15) is 23.1 Å². The molecule has 2 heterocycles. The summed E-state index contributed by atoms with van der Waals surface area (Å²) in [6, 6.07) is 0.713. The van der Waals surface area contributed by atoms with Gasteiger partial charge < -0.3 is 10.2 Å². The van der Waals surface area contributed by atoms with E-state index in [4.69, 9.17) is 16.7 Å². The number of fused-ring (bicyclic) bond motifs is 1. The zero-order valence-corrected chi connectivity index (χ0v) is 12.3. The molecule has 0 aromatic carbocycles. The van der Waals surface area contributed by atoms with Crippen LogP contribution >= 0.6 is 11.6 Å². The molecule has 5 nitrogen and oxygen atoms in total. The highest BCUT2D eigenvalue weighted by Gasteiger charge is 2.34. The molecule has 0 saturated heterocycles. The first-order valence-corrected chi connectivity index (χ1v) is 6.61. The van der Waals surface area contributed by atoms with Gasteiger partial charge in [0.15, 0.2) is 11.8 Å². The highest BCUT2D eigenvalue weighted by atomic mass is 35.5. The van der Waals surface area contributed by atoms with Crippen molar-refractivity contribution >= 4 is 23.2 Å². The van der Waals surface area contributed by atoms with Gasteiger partial charge in [0.25, 0.3) is 0 Å². The second-order valence-corrected chi connectivity index (χ2v) is 5.45. The minimum Gasteiger partial charge on any atom is -0.479 e. The van der Waals surface area contributed by atoms with E-state index in [2.05, 4.69) is 4.98 Å². The molecule has 2 aromatic heterocycles. The molecule has 1 unspecified atom stereocenters. The molecule has 0 bridgehead atoms. The lowest BCUT2D eigenvalue weighted by molar-refractivity contribution is -0.147. The summed E-state index contributed by atoms with van der Waals surface area (Å²) in [4.78, 5) is 15.1. The van der Waals surface area contributed by atoms with Crippen molar-refractivity contribution in [3.05, 3.63) is 34.2 Å². The van der Waals surface area contributed by atoms with Crippen LogP contribution in [0.5, 0.6) is 0 Å². The summed E-state index contributed by atoms with van der Waals surface area (Å²) in [5.41, 5.74) is -1.15. The molecule has 0 spiro atoms. The Labute approximate surface area is 128 Å². The number of hydrogen-bond donors (Lipinski definition) is 2. The average Bonchev–Trinajstić information content (AvgIpc) is 2.76. The Hall–Kier alpha value is -1.80. The van der Waals surface area contributed by atoms with Gasteiger partial charge >= 0.3 is 12.1 Å². The van der Waals surface area contributed by atoms with Crippen LogP contribution in [0.15, 0.2) is 12.3 Å².